The number of thiocarbonyl (C=S) groups is 1. The van der Waals surface area contributed by atoms with Gasteiger partial charge in [0, 0.05) is 17.1 Å². The van der Waals surface area contributed by atoms with Gasteiger partial charge in [-0.15, -0.1) is 0 Å². The Hall–Kier alpha value is -1.93. The third kappa shape index (κ3) is 4.28. The molecule has 0 spiro atoms. The number of benzene rings is 1. The van der Waals surface area contributed by atoms with Crippen molar-refractivity contribution in [3.05, 3.63) is 38.9 Å². The van der Waals surface area contributed by atoms with Crippen LogP contribution < -0.4 is 16.2 Å². The van der Waals surface area contributed by atoms with Gasteiger partial charge in [0.15, 0.2) is 5.11 Å². The fourth-order valence-corrected chi connectivity index (χ4v) is 2.71. The van der Waals surface area contributed by atoms with Gasteiger partial charge in [-0.25, -0.2) is 0 Å². The van der Waals surface area contributed by atoms with E-state index in [-0.39, 0.29) is 21.4 Å². The number of nitro groups is 1. The first-order chi connectivity index (χ1) is 10.5. The summed E-state index contributed by atoms with van der Waals surface area (Å²) in [5, 5.41) is 14.5. The van der Waals surface area contributed by atoms with Crippen molar-refractivity contribution in [1.29, 1.82) is 0 Å². The summed E-state index contributed by atoms with van der Waals surface area (Å²) in [6, 6.07) is 4.09. The van der Waals surface area contributed by atoms with Crippen molar-refractivity contribution in [3.63, 3.8) is 0 Å². The lowest BCUT2D eigenvalue weighted by Gasteiger charge is -2.16. The number of rotatable bonds is 3. The molecule has 1 aliphatic carbocycles. The van der Waals surface area contributed by atoms with E-state index in [0.29, 0.717) is 6.04 Å². The van der Waals surface area contributed by atoms with Crippen molar-refractivity contribution in [2.45, 2.75) is 31.7 Å². The molecule has 118 valence electrons. The standard InChI is InChI=1S/C13H15ClN4O3S/c14-8-5-6-11(18(20)21)10(7-8)12(19)16-17-13(22)15-9-3-1-2-4-9/h5-7,9H,1-4H2,(H,16,19)(H2,15,17,22). The molecule has 3 N–H and O–H groups in total. The Morgan fingerprint density at radius 1 is 1.32 bits per heavy atom. The van der Waals surface area contributed by atoms with E-state index in [1.807, 2.05) is 0 Å². The molecule has 1 amide bonds. The Kier molecular flexibility index (Phi) is 5.51. The Morgan fingerprint density at radius 3 is 2.64 bits per heavy atom. The number of nitrogens with zero attached hydrogens (tertiary/aromatic N) is 1. The minimum absolute atomic E-state index is 0.131. The normalized spacial score (nSPS) is 14.4. The summed E-state index contributed by atoms with van der Waals surface area (Å²) in [6.07, 6.45) is 4.38. The molecule has 1 fully saturated rings. The van der Waals surface area contributed by atoms with Gasteiger partial charge in [-0.3, -0.25) is 25.8 Å². The molecule has 2 rings (SSSR count). The van der Waals surface area contributed by atoms with Crippen LogP contribution in [0.4, 0.5) is 5.69 Å². The average Bonchev–Trinajstić information content (AvgIpc) is 2.97. The largest absolute Gasteiger partial charge is 0.359 e. The summed E-state index contributed by atoms with van der Waals surface area (Å²) in [5.74, 6) is -0.676. The minimum atomic E-state index is -0.676. The van der Waals surface area contributed by atoms with Crippen molar-refractivity contribution in [2.24, 2.45) is 0 Å². The summed E-state index contributed by atoms with van der Waals surface area (Å²) in [7, 11) is 0. The van der Waals surface area contributed by atoms with Gasteiger partial charge >= 0.3 is 0 Å². The summed E-state index contributed by atoms with van der Waals surface area (Å²) >= 11 is 10.9. The topological polar surface area (TPSA) is 96.3 Å². The third-order valence-electron chi connectivity index (χ3n) is 3.38. The number of carbonyl (C=O) groups is 1. The van der Waals surface area contributed by atoms with Crippen molar-refractivity contribution in [3.8, 4) is 0 Å². The molecule has 0 aliphatic heterocycles. The Morgan fingerprint density at radius 2 is 2.00 bits per heavy atom. The first-order valence-electron chi connectivity index (χ1n) is 6.78. The molecule has 0 atom stereocenters. The van der Waals surface area contributed by atoms with Crippen molar-refractivity contribution < 1.29 is 9.72 Å². The number of nitro benzene ring substituents is 1. The van der Waals surface area contributed by atoms with Gasteiger partial charge in [0.1, 0.15) is 5.56 Å². The summed E-state index contributed by atoms with van der Waals surface area (Å²) < 4.78 is 0. The molecule has 9 heteroatoms. The lowest BCUT2D eigenvalue weighted by molar-refractivity contribution is -0.385. The van der Waals surface area contributed by atoms with Gasteiger partial charge in [-0.1, -0.05) is 24.4 Å². The zero-order valence-corrected chi connectivity index (χ0v) is 13.2. The highest BCUT2D eigenvalue weighted by atomic mass is 35.5. The summed E-state index contributed by atoms with van der Waals surface area (Å²) in [6.45, 7) is 0. The van der Waals surface area contributed by atoms with Crippen LogP contribution in [-0.4, -0.2) is 22.0 Å². The molecule has 22 heavy (non-hydrogen) atoms. The van der Waals surface area contributed by atoms with Crippen LogP contribution in [0, 0.1) is 10.1 Å². The smallest absolute Gasteiger partial charge is 0.282 e. The Bertz CT molecular complexity index is 605. The molecule has 0 saturated heterocycles. The zero-order valence-electron chi connectivity index (χ0n) is 11.6. The second kappa shape index (κ2) is 7.37. The first-order valence-corrected chi connectivity index (χ1v) is 7.57. The van der Waals surface area contributed by atoms with E-state index in [0.717, 1.165) is 25.7 Å². The maximum absolute atomic E-state index is 12.0. The van der Waals surface area contributed by atoms with Crippen molar-refractivity contribution in [2.75, 3.05) is 0 Å². The molecule has 0 bridgehead atoms. The zero-order chi connectivity index (χ0) is 16.1. The van der Waals surface area contributed by atoms with Gasteiger partial charge in [-0.2, -0.15) is 0 Å². The molecule has 1 aliphatic rings. The van der Waals surface area contributed by atoms with E-state index in [1.165, 1.54) is 18.2 Å². The molecular formula is C13H15ClN4O3S. The van der Waals surface area contributed by atoms with Gasteiger partial charge in [0.05, 0.1) is 4.92 Å². The number of hydrazine groups is 1. The predicted molar refractivity (Wildman–Crippen MR) is 86.7 cm³/mol. The quantitative estimate of drug-likeness (QED) is 0.443. The molecule has 7 nitrogen and oxygen atoms in total. The van der Waals surface area contributed by atoms with E-state index < -0.39 is 10.8 Å². The molecule has 1 aromatic carbocycles. The maximum Gasteiger partial charge on any atom is 0.282 e. The highest BCUT2D eigenvalue weighted by molar-refractivity contribution is 7.80. The van der Waals surface area contributed by atoms with Crippen LogP contribution in [-0.2, 0) is 0 Å². The lowest BCUT2D eigenvalue weighted by Crippen LogP contribution is -2.49. The highest BCUT2D eigenvalue weighted by Gasteiger charge is 2.21. The maximum atomic E-state index is 12.0. The SMILES string of the molecule is O=C(NNC(=S)NC1CCCC1)c1cc(Cl)ccc1[N+](=O)[O-]. The molecule has 0 aromatic heterocycles. The number of hydrogen-bond acceptors (Lipinski definition) is 4. The molecule has 1 aromatic rings. The van der Waals surface area contributed by atoms with Crippen LogP contribution in [0.25, 0.3) is 0 Å². The monoisotopic (exact) mass is 342 g/mol. The fourth-order valence-electron chi connectivity index (χ4n) is 2.32. The summed E-state index contributed by atoms with van der Waals surface area (Å²) in [5.41, 5.74) is 4.44. The van der Waals surface area contributed by atoms with Gasteiger partial charge in [0.2, 0.25) is 0 Å². The molecule has 0 heterocycles. The van der Waals surface area contributed by atoms with E-state index in [2.05, 4.69) is 16.2 Å². The average molecular weight is 343 g/mol. The number of hydrogen-bond donors (Lipinski definition) is 3. The first kappa shape index (κ1) is 16.4. The summed E-state index contributed by atoms with van der Waals surface area (Å²) in [4.78, 5) is 22.3. The van der Waals surface area contributed by atoms with Crippen molar-refractivity contribution in [1.82, 2.24) is 16.2 Å². The van der Waals surface area contributed by atoms with E-state index in [1.54, 1.807) is 0 Å². The number of nitrogens with one attached hydrogen (secondary N) is 3. The second-order valence-electron chi connectivity index (χ2n) is 4.95. The highest BCUT2D eigenvalue weighted by Crippen LogP contribution is 2.22. The van der Waals surface area contributed by atoms with Gasteiger partial charge in [0.25, 0.3) is 11.6 Å². The van der Waals surface area contributed by atoms with Crippen molar-refractivity contribution >= 4 is 40.5 Å². The van der Waals surface area contributed by atoms with Crippen LogP contribution in [0.5, 0.6) is 0 Å². The minimum Gasteiger partial charge on any atom is -0.359 e. The molecule has 0 unspecified atom stereocenters. The Balaban J connectivity index is 1.95. The van der Waals surface area contributed by atoms with E-state index >= 15 is 0 Å². The number of amides is 1. The van der Waals surface area contributed by atoms with Crippen LogP contribution in [0.3, 0.4) is 0 Å². The fraction of sp³-hybridized carbons (Fsp3) is 0.385. The third-order valence-corrected chi connectivity index (χ3v) is 3.83. The van der Waals surface area contributed by atoms with Crippen LogP contribution >= 0.6 is 23.8 Å². The molecule has 1 saturated carbocycles. The van der Waals surface area contributed by atoms with Gasteiger partial charge < -0.3 is 5.32 Å². The van der Waals surface area contributed by atoms with Gasteiger partial charge in [-0.05, 0) is 37.2 Å². The predicted octanol–water partition coefficient (Wildman–Crippen LogP) is 2.30. The molecular weight excluding hydrogens is 328 g/mol. The lowest BCUT2D eigenvalue weighted by atomic mass is 10.2. The van der Waals surface area contributed by atoms with E-state index in [4.69, 9.17) is 23.8 Å². The van der Waals surface area contributed by atoms with Crippen LogP contribution in [0.15, 0.2) is 18.2 Å². The Labute approximate surface area is 137 Å². The number of carbonyl (C=O) groups excluding carboxylic acids is 1. The van der Waals surface area contributed by atoms with E-state index in [9.17, 15) is 14.9 Å². The van der Waals surface area contributed by atoms with Crippen LogP contribution in [0.1, 0.15) is 36.0 Å². The molecule has 0 radical (unpaired) electrons. The number of halogens is 1. The second-order valence-corrected chi connectivity index (χ2v) is 5.80. The van der Waals surface area contributed by atoms with Crippen LogP contribution in [0.2, 0.25) is 5.02 Å².